The van der Waals surface area contributed by atoms with Crippen molar-refractivity contribution in [3.63, 3.8) is 0 Å². The summed E-state index contributed by atoms with van der Waals surface area (Å²) < 4.78 is 15.0. The summed E-state index contributed by atoms with van der Waals surface area (Å²) in [6, 6.07) is 13.6. The highest BCUT2D eigenvalue weighted by Crippen LogP contribution is 2.44. The lowest BCUT2D eigenvalue weighted by molar-refractivity contribution is 0.422. The summed E-state index contributed by atoms with van der Waals surface area (Å²) in [7, 11) is 1.89. The minimum Gasteiger partial charge on any atom is -0.312 e. The Balaban J connectivity index is 1.97. The number of rotatable bonds is 3. The Labute approximate surface area is 121 Å². The van der Waals surface area contributed by atoms with Gasteiger partial charge in [-0.1, -0.05) is 40.2 Å². The van der Waals surface area contributed by atoms with Gasteiger partial charge in [-0.2, -0.15) is 0 Å². The van der Waals surface area contributed by atoms with Crippen molar-refractivity contribution in [2.75, 3.05) is 7.05 Å². The largest absolute Gasteiger partial charge is 0.312 e. The Kier molecular flexibility index (Phi) is 3.42. The molecule has 0 saturated carbocycles. The lowest BCUT2D eigenvalue weighted by Gasteiger charge is -2.37. The quantitative estimate of drug-likeness (QED) is 0.894. The van der Waals surface area contributed by atoms with Crippen molar-refractivity contribution in [2.24, 2.45) is 0 Å². The topological polar surface area (TPSA) is 12.0 Å². The third-order valence-electron chi connectivity index (χ3n) is 3.90. The van der Waals surface area contributed by atoms with Crippen molar-refractivity contribution in [3.8, 4) is 0 Å². The molecule has 98 valence electrons. The normalized spacial score (nSPS) is 18.6. The molecule has 3 heteroatoms. The molecule has 2 aromatic carbocycles. The summed E-state index contributed by atoms with van der Waals surface area (Å²) in [6.45, 7) is 0. The number of likely N-dealkylation sites (N-methyl/N-ethyl adjacent to an activating group) is 1. The van der Waals surface area contributed by atoms with Crippen molar-refractivity contribution in [1.29, 1.82) is 0 Å². The van der Waals surface area contributed by atoms with Gasteiger partial charge in [-0.3, -0.25) is 0 Å². The fourth-order valence-corrected chi connectivity index (χ4v) is 3.30. The fraction of sp³-hybridized carbons (Fsp3) is 0.250. The van der Waals surface area contributed by atoms with Crippen LogP contribution in [0.2, 0.25) is 0 Å². The van der Waals surface area contributed by atoms with Crippen LogP contribution in [0.4, 0.5) is 4.39 Å². The van der Waals surface area contributed by atoms with Crippen LogP contribution in [-0.4, -0.2) is 7.05 Å². The summed E-state index contributed by atoms with van der Waals surface area (Å²) in [5, 5.41) is 3.27. The molecule has 2 aromatic rings. The second-order valence-electron chi connectivity index (χ2n) is 4.94. The van der Waals surface area contributed by atoms with Crippen molar-refractivity contribution >= 4 is 15.9 Å². The van der Waals surface area contributed by atoms with Crippen LogP contribution in [0.3, 0.4) is 0 Å². The van der Waals surface area contributed by atoms with Gasteiger partial charge in [0.15, 0.2) is 0 Å². The zero-order valence-corrected chi connectivity index (χ0v) is 12.2. The molecule has 3 rings (SSSR count). The zero-order valence-electron chi connectivity index (χ0n) is 10.7. The Hall–Kier alpha value is -1.19. The molecule has 0 heterocycles. The molecule has 0 spiro atoms. The average molecular weight is 320 g/mol. The number of halogens is 2. The van der Waals surface area contributed by atoms with E-state index < -0.39 is 0 Å². The molecule has 1 N–H and O–H groups in total. The van der Waals surface area contributed by atoms with E-state index in [1.807, 2.05) is 13.1 Å². The van der Waals surface area contributed by atoms with Gasteiger partial charge in [0.05, 0.1) is 0 Å². The fourth-order valence-electron chi connectivity index (χ4n) is 2.92. The summed E-state index contributed by atoms with van der Waals surface area (Å²) in [5.74, 6) is 0.205. The van der Waals surface area contributed by atoms with Gasteiger partial charge in [0, 0.05) is 22.0 Å². The molecule has 0 saturated heterocycles. The smallest absolute Gasteiger partial charge is 0.128 e. The maximum Gasteiger partial charge on any atom is 0.128 e. The second-order valence-corrected chi connectivity index (χ2v) is 5.86. The highest BCUT2D eigenvalue weighted by atomic mass is 79.9. The molecule has 0 amide bonds. The van der Waals surface area contributed by atoms with Crippen LogP contribution in [0.5, 0.6) is 0 Å². The van der Waals surface area contributed by atoms with E-state index in [1.54, 1.807) is 6.07 Å². The molecule has 1 aliphatic rings. The van der Waals surface area contributed by atoms with Crippen LogP contribution in [0.15, 0.2) is 46.9 Å². The number of nitrogens with one attached hydrogen (secondary N) is 1. The first kappa shape index (κ1) is 12.8. The SMILES string of the molecule is CNC(c1cc(Br)ccc1F)C1Cc2ccccc21. The molecule has 2 unspecified atom stereocenters. The first-order chi connectivity index (χ1) is 9.20. The predicted octanol–water partition coefficient (Wildman–Crippen LogP) is 4.19. The number of hydrogen-bond donors (Lipinski definition) is 1. The molecule has 1 nitrogen and oxygen atoms in total. The predicted molar refractivity (Wildman–Crippen MR) is 78.8 cm³/mol. The molecule has 1 aliphatic carbocycles. The standard InChI is InChI=1S/C16H15BrFN/c1-19-16(14-9-11(17)6-7-15(14)18)13-8-10-4-2-3-5-12(10)13/h2-7,9,13,16,19H,8H2,1H3. The minimum absolute atomic E-state index is 0.0207. The van der Waals surface area contributed by atoms with E-state index in [0.717, 1.165) is 16.5 Å². The van der Waals surface area contributed by atoms with Crippen LogP contribution in [0.1, 0.15) is 28.7 Å². The molecule has 19 heavy (non-hydrogen) atoms. The van der Waals surface area contributed by atoms with Gasteiger partial charge in [-0.15, -0.1) is 0 Å². The van der Waals surface area contributed by atoms with E-state index in [1.165, 1.54) is 17.2 Å². The first-order valence-corrected chi connectivity index (χ1v) is 7.20. The third-order valence-corrected chi connectivity index (χ3v) is 4.39. The monoisotopic (exact) mass is 319 g/mol. The Morgan fingerprint density at radius 3 is 2.79 bits per heavy atom. The van der Waals surface area contributed by atoms with Crippen molar-refractivity contribution < 1.29 is 4.39 Å². The van der Waals surface area contributed by atoms with Gasteiger partial charge < -0.3 is 5.32 Å². The minimum atomic E-state index is -0.146. The van der Waals surface area contributed by atoms with E-state index in [0.29, 0.717) is 5.92 Å². The maximum atomic E-state index is 14.0. The van der Waals surface area contributed by atoms with Gasteiger partial charge in [0.25, 0.3) is 0 Å². The molecule has 0 aliphatic heterocycles. The molecule has 0 radical (unpaired) electrons. The third kappa shape index (κ3) is 2.21. The Morgan fingerprint density at radius 1 is 1.26 bits per heavy atom. The number of fused-ring (bicyclic) bond motifs is 1. The van der Waals surface area contributed by atoms with Gasteiger partial charge in [-0.25, -0.2) is 4.39 Å². The highest BCUT2D eigenvalue weighted by Gasteiger charge is 2.34. The summed E-state index contributed by atoms with van der Waals surface area (Å²) in [4.78, 5) is 0. The van der Waals surface area contributed by atoms with Crippen LogP contribution < -0.4 is 5.32 Å². The number of benzene rings is 2. The van der Waals surface area contributed by atoms with E-state index in [-0.39, 0.29) is 11.9 Å². The van der Waals surface area contributed by atoms with Crippen molar-refractivity contribution in [2.45, 2.75) is 18.4 Å². The molecule has 2 atom stereocenters. The molecule has 0 aromatic heterocycles. The van der Waals surface area contributed by atoms with Gasteiger partial charge >= 0.3 is 0 Å². The lowest BCUT2D eigenvalue weighted by atomic mass is 9.71. The van der Waals surface area contributed by atoms with E-state index in [4.69, 9.17) is 0 Å². The Bertz CT molecular complexity index is 611. The van der Waals surface area contributed by atoms with E-state index in [9.17, 15) is 4.39 Å². The molecule has 0 bridgehead atoms. The van der Waals surface area contributed by atoms with Gasteiger partial charge in [0.2, 0.25) is 0 Å². The molecule has 0 fully saturated rings. The maximum absolute atomic E-state index is 14.0. The Morgan fingerprint density at radius 2 is 2.05 bits per heavy atom. The average Bonchev–Trinajstić information content (AvgIpc) is 2.39. The van der Waals surface area contributed by atoms with E-state index >= 15 is 0 Å². The summed E-state index contributed by atoms with van der Waals surface area (Å²) >= 11 is 3.42. The van der Waals surface area contributed by atoms with Gasteiger partial charge in [-0.05, 0) is 42.8 Å². The highest BCUT2D eigenvalue weighted by molar-refractivity contribution is 9.10. The van der Waals surface area contributed by atoms with Crippen LogP contribution in [0, 0.1) is 5.82 Å². The second kappa shape index (κ2) is 5.06. The lowest BCUT2D eigenvalue weighted by Crippen LogP contribution is -2.31. The first-order valence-electron chi connectivity index (χ1n) is 6.40. The number of hydrogen-bond acceptors (Lipinski definition) is 1. The van der Waals surface area contributed by atoms with Crippen LogP contribution >= 0.6 is 15.9 Å². The van der Waals surface area contributed by atoms with Gasteiger partial charge in [0.1, 0.15) is 5.82 Å². The van der Waals surface area contributed by atoms with Crippen molar-refractivity contribution in [3.05, 3.63) is 69.4 Å². The summed E-state index contributed by atoms with van der Waals surface area (Å²) in [6.07, 6.45) is 1.01. The molecular weight excluding hydrogens is 305 g/mol. The van der Waals surface area contributed by atoms with Crippen LogP contribution in [-0.2, 0) is 6.42 Å². The molecular formula is C16H15BrFN. The van der Waals surface area contributed by atoms with Crippen LogP contribution in [0.25, 0.3) is 0 Å². The summed E-state index contributed by atoms with van der Waals surface area (Å²) in [5.41, 5.74) is 3.45. The van der Waals surface area contributed by atoms with Crippen molar-refractivity contribution in [1.82, 2.24) is 5.32 Å². The zero-order chi connectivity index (χ0) is 13.4. The van der Waals surface area contributed by atoms with E-state index in [2.05, 4.69) is 45.5 Å².